The third kappa shape index (κ3) is 5.17. The Morgan fingerprint density at radius 3 is 2.56 bits per heavy atom. The maximum Gasteiger partial charge on any atom is 0.233 e. The Hall–Kier alpha value is -2.19. The SMILES string of the molecule is O=C(CSc1cc(F)ccc1F)N(Cc1ccccc1)[C@H]1C=CS(=O)(=O)C1. The van der Waals surface area contributed by atoms with E-state index >= 15 is 0 Å². The standard InChI is InChI=1S/C19H17F2NO3S2/c20-15-6-7-17(21)18(10-15)26-12-19(23)22(11-14-4-2-1-3-5-14)16-8-9-27(24,25)13-16/h1-10,16H,11-13H2/t16-/m0/s1. The molecule has 0 saturated carbocycles. The molecule has 3 rings (SSSR count). The van der Waals surface area contributed by atoms with Gasteiger partial charge >= 0.3 is 0 Å². The fourth-order valence-corrected chi connectivity index (χ4v) is 4.88. The summed E-state index contributed by atoms with van der Waals surface area (Å²) >= 11 is 0.887. The van der Waals surface area contributed by atoms with Gasteiger partial charge in [0.2, 0.25) is 5.91 Å². The second-order valence-corrected chi connectivity index (χ2v) is 9.04. The van der Waals surface area contributed by atoms with E-state index in [9.17, 15) is 22.0 Å². The van der Waals surface area contributed by atoms with E-state index < -0.39 is 27.5 Å². The van der Waals surface area contributed by atoms with Crippen molar-refractivity contribution in [2.45, 2.75) is 17.5 Å². The van der Waals surface area contributed by atoms with E-state index in [1.807, 2.05) is 30.3 Å². The number of benzene rings is 2. The lowest BCUT2D eigenvalue weighted by Crippen LogP contribution is -2.41. The third-order valence-electron chi connectivity index (χ3n) is 4.07. The summed E-state index contributed by atoms with van der Waals surface area (Å²) in [7, 11) is -3.34. The molecular formula is C19H17F2NO3S2. The number of hydrogen-bond donors (Lipinski definition) is 0. The highest BCUT2D eigenvalue weighted by atomic mass is 32.2. The molecule has 2 aromatic carbocycles. The van der Waals surface area contributed by atoms with Crippen molar-refractivity contribution < 1.29 is 22.0 Å². The molecule has 142 valence electrons. The number of carbonyl (C=O) groups excluding carboxylic acids is 1. The second kappa shape index (κ2) is 8.22. The number of sulfone groups is 1. The Bertz CT molecular complexity index is 962. The summed E-state index contributed by atoms with van der Waals surface area (Å²) in [5.41, 5.74) is 0.852. The van der Waals surface area contributed by atoms with Crippen molar-refractivity contribution in [3.8, 4) is 0 Å². The largest absolute Gasteiger partial charge is 0.330 e. The molecule has 8 heteroatoms. The minimum atomic E-state index is -3.34. The van der Waals surface area contributed by atoms with E-state index in [2.05, 4.69) is 0 Å². The van der Waals surface area contributed by atoms with E-state index in [-0.39, 0.29) is 28.9 Å². The lowest BCUT2D eigenvalue weighted by atomic mass is 10.2. The first-order chi connectivity index (χ1) is 12.8. The minimum absolute atomic E-state index is 0.0394. The molecule has 1 heterocycles. The van der Waals surface area contributed by atoms with Gasteiger partial charge in [0, 0.05) is 16.8 Å². The summed E-state index contributed by atoms with van der Waals surface area (Å²) in [6.07, 6.45) is 1.49. The predicted molar refractivity (Wildman–Crippen MR) is 101 cm³/mol. The van der Waals surface area contributed by atoms with Crippen LogP contribution in [0.25, 0.3) is 0 Å². The Balaban J connectivity index is 1.76. The minimum Gasteiger partial charge on any atom is -0.330 e. The molecule has 0 saturated heterocycles. The monoisotopic (exact) mass is 409 g/mol. The van der Waals surface area contributed by atoms with E-state index in [1.54, 1.807) is 0 Å². The van der Waals surface area contributed by atoms with Gasteiger partial charge in [-0.05, 0) is 29.8 Å². The lowest BCUT2D eigenvalue weighted by Gasteiger charge is -2.27. The molecule has 0 spiro atoms. The molecule has 0 N–H and O–H groups in total. The van der Waals surface area contributed by atoms with Crippen LogP contribution in [-0.2, 0) is 21.2 Å². The molecule has 1 aliphatic heterocycles. The van der Waals surface area contributed by atoms with Crippen LogP contribution in [0.1, 0.15) is 5.56 Å². The highest BCUT2D eigenvalue weighted by Gasteiger charge is 2.30. The fourth-order valence-electron chi connectivity index (χ4n) is 2.73. The third-order valence-corrected chi connectivity index (χ3v) is 6.47. The van der Waals surface area contributed by atoms with Crippen LogP contribution in [0.3, 0.4) is 0 Å². The summed E-state index contributed by atoms with van der Waals surface area (Å²) in [6.45, 7) is 0.233. The van der Waals surface area contributed by atoms with Crippen LogP contribution in [-0.4, -0.2) is 36.8 Å². The molecule has 0 bridgehead atoms. The number of nitrogens with zero attached hydrogens (tertiary/aromatic N) is 1. The highest BCUT2D eigenvalue weighted by molar-refractivity contribution is 8.00. The number of carbonyl (C=O) groups is 1. The van der Waals surface area contributed by atoms with Crippen molar-refractivity contribution in [2.24, 2.45) is 0 Å². The molecule has 1 atom stereocenters. The highest BCUT2D eigenvalue weighted by Crippen LogP contribution is 2.25. The zero-order valence-corrected chi connectivity index (χ0v) is 15.8. The van der Waals surface area contributed by atoms with Crippen molar-refractivity contribution in [1.29, 1.82) is 0 Å². The molecule has 0 aliphatic carbocycles. The van der Waals surface area contributed by atoms with E-state index in [0.717, 1.165) is 40.9 Å². The van der Waals surface area contributed by atoms with Gasteiger partial charge in [-0.25, -0.2) is 17.2 Å². The quantitative estimate of drug-likeness (QED) is 0.687. The number of hydrogen-bond acceptors (Lipinski definition) is 4. The Morgan fingerprint density at radius 2 is 1.89 bits per heavy atom. The van der Waals surface area contributed by atoms with E-state index in [4.69, 9.17) is 0 Å². The van der Waals surface area contributed by atoms with Crippen LogP contribution < -0.4 is 0 Å². The number of thioether (sulfide) groups is 1. The molecule has 0 radical (unpaired) electrons. The average molecular weight is 409 g/mol. The lowest BCUT2D eigenvalue weighted by molar-refractivity contribution is -0.130. The van der Waals surface area contributed by atoms with Crippen molar-refractivity contribution in [3.05, 3.63) is 77.2 Å². The van der Waals surface area contributed by atoms with Crippen molar-refractivity contribution in [3.63, 3.8) is 0 Å². The number of amides is 1. The molecule has 27 heavy (non-hydrogen) atoms. The normalized spacial score (nSPS) is 17.8. The van der Waals surface area contributed by atoms with Crippen LogP contribution in [0.4, 0.5) is 8.78 Å². The van der Waals surface area contributed by atoms with Gasteiger partial charge < -0.3 is 4.90 Å². The molecule has 0 aromatic heterocycles. The van der Waals surface area contributed by atoms with Gasteiger partial charge in [-0.2, -0.15) is 0 Å². The first-order valence-electron chi connectivity index (χ1n) is 8.16. The summed E-state index contributed by atoms with van der Waals surface area (Å²) in [5.74, 6) is -1.84. The summed E-state index contributed by atoms with van der Waals surface area (Å²) in [5, 5.41) is 1.11. The zero-order valence-electron chi connectivity index (χ0n) is 14.2. The van der Waals surface area contributed by atoms with Crippen LogP contribution in [0.15, 0.2) is 64.9 Å². The van der Waals surface area contributed by atoms with Crippen LogP contribution >= 0.6 is 11.8 Å². The zero-order chi connectivity index (χ0) is 19.4. The molecule has 1 amide bonds. The molecular weight excluding hydrogens is 392 g/mol. The second-order valence-electron chi connectivity index (χ2n) is 6.10. The average Bonchev–Trinajstić information content (AvgIpc) is 3.00. The maximum atomic E-state index is 13.8. The first kappa shape index (κ1) is 19.6. The van der Waals surface area contributed by atoms with Crippen molar-refractivity contribution in [1.82, 2.24) is 4.90 Å². The van der Waals surface area contributed by atoms with Gasteiger partial charge in [0.1, 0.15) is 11.6 Å². The Kier molecular flexibility index (Phi) is 5.96. The van der Waals surface area contributed by atoms with Gasteiger partial charge in [0.25, 0.3) is 0 Å². The van der Waals surface area contributed by atoms with Crippen LogP contribution in [0, 0.1) is 11.6 Å². The molecule has 0 fully saturated rings. The smallest absolute Gasteiger partial charge is 0.233 e. The number of halogens is 2. The molecule has 4 nitrogen and oxygen atoms in total. The van der Waals surface area contributed by atoms with Crippen LogP contribution in [0.2, 0.25) is 0 Å². The van der Waals surface area contributed by atoms with Gasteiger partial charge in [-0.15, -0.1) is 11.8 Å². The molecule has 0 unspecified atom stereocenters. The fraction of sp³-hybridized carbons (Fsp3) is 0.211. The summed E-state index contributed by atoms with van der Waals surface area (Å²) < 4.78 is 50.6. The maximum absolute atomic E-state index is 13.8. The van der Waals surface area contributed by atoms with Gasteiger partial charge in [0.15, 0.2) is 9.84 Å². The van der Waals surface area contributed by atoms with Crippen molar-refractivity contribution in [2.75, 3.05) is 11.5 Å². The first-order valence-corrected chi connectivity index (χ1v) is 10.9. The molecule has 2 aromatic rings. The van der Waals surface area contributed by atoms with Gasteiger partial charge in [0.05, 0.1) is 17.5 Å². The number of rotatable bonds is 6. The molecule has 1 aliphatic rings. The summed E-state index contributed by atoms with van der Waals surface area (Å²) in [6, 6.07) is 11.7. The van der Waals surface area contributed by atoms with E-state index in [0.29, 0.717) is 0 Å². The van der Waals surface area contributed by atoms with Crippen LogP contribution in [0.5, 0.6) is 0 Å². The van der Waals surface area contributed by atoms with E-state index in [1.165, 1.54) is 11.0 Å². The predicted octanol–water partition coefficient (Wildman–Crippen LogP) is 3.40. The Labute approximate surface area is 160 Å². The van der Waals surface area contributed by atoms with Gasteiger partial charge in [-0.3, -0.25) is 4.79 Å². The van der Waals surface area contributed by atoms with Gasteiger partial charge in [-0.1, -0.05) is 30.3 Å². The topological polar surface area (TPSA) is 54.5 Å². The summed E-state index contributed by atoms with van der Waals surface area (Å²) in [4.78, 5) is 14.3. The Morgan fingerprint density at radius 1 is 1.15 bits per heavy atom. The van der Waals surface area contributed by atoms with Crippen molar-refractivity contribution >= 4 is 27.5 Å².